The minimum absolute atomic E-state index is 0.00969. The van der Waals surface area contributed by atoms with E-state index < -0.39 is 6.04 Å². The fraction of sp³-hybridized carbons (Fsp3) is 0.318. The van der Waals surface area contributed by atoms with Crippen LogP contribution < -0.4 is 4.90 Å². The zero-order chi connectivity index (χ0) is 19.7. The van der Waals surface area contributed by atoms with Crippen LogP contribution in [-0.4, -0.2) is 59.7 Å². The molecular weight excluding hydrogens is 354 g/mol. The monoisotopic (exact) mass is 377 g/mol. The third kappa shape index (κ3) is 3.43. The third-order valence-corrected chi connectivity index (χ3v) is 5.45. The first-order chi connectivity index (χ1) is 13.5. The number of carbonyl (C=O) groups excluding carboxylic acids is 3. The lowest BCUT2D eigenvalue weighted by atomic mass is 10.1. The highest BCUT2D eigenvalue weighted by molar-refractivity contribution is 6.22. The normalized spacial score (nSPS) is 20.7. The van der Waals surface area contributed by atoms with Gasteiger partial charge in [-0.2, -0.15) is 0 Å². The van der Waals surface area contributed by atoms with Gasteiger partial charge in [0.25, 0.3) is 11.8 Å². The van der Waals surface area contributed by atoms with Gasteiger partial charge < -0.3 is 4.90 Å². The van der Waals surface area contributed by atoms with Crippen LogP contribution in [0.4, 0.5) is 5.69 Å². The molecule has 0 aliphatic carbocycles. The van der Waals surface area contributed by atoms with Crippen LogP contribution in [0.3, 0.4) is 0 Å². The topological polar surface area (TPSA) is 60.9 Å². The number of imide groups is 1. The van der Waals surface area contributed by atoms with E-state index >= 15 is 0 Å². The molecule has 2 saturated heterocycles. The SMILES string of the molecule is Cc1cccc(N2C(=O)C[C@@H](N3CCN(C(=O)c4ccccc4)CC3)C2=O)c1. The van der Waals surface area contributed by atoms with Gasteiger partial charge in [-0.15, -0.1) is 0 Å². The molecule has 0 unspecified atom stereocenters. The van der Waals surface area contributed by atoms with E-state index in [2.05, 4.69) is 0 Å². The number of piperazine rings is 1. The van der Waals surface area contributed by atoms with Gasteiger partial charge in [0.2, 0.25) is 5.91 Å². The van der Waals surface area contributed by atoms with Gasteiger partial charge in [0.15, 0.2) is 0 Å². The molecule has 0 spiro atoms. The Bertz CT molecular complexity index is 904. The van der Waals surface area contributed by atoms with Crippen molar-refractivity contribution in [2.24, 2.45) is 0 Å². The summed E-state index contributed by atoms with van der Waals surface area (Å²) in [5.74, 6) is -0.322. The summed E-state index contributed by atoms with van der Waals surface area (Å²) in [5.41, 5.74) is 2.32. The van der Waals surface area contributed by atoms with E-state index in [1.165, 1.54) is 4.90 Å². The van der Waals surface area contributed by atoms with Gasteiger partial charge in [-0.3, -0.25) is 19.3 Å². The number of aryl methyl sites for hydroxylation is 1. The summed E-state index contributed by atoms with van der Waals surface area (Å²) in [4.78, 5) is 43.2. The van der Waals surface area contributed by atoms with E-state index in [-0.39, 0.29) is 24.1 Å². The second-order valence-electron chi connectivity index (χ2n) is 7.32. The molecule has 2 aromatic rings. The first-order valence-corrected chi connectivity index (χ1v) is 9.56. The zero-order valence-electron chi connectivity index (χ0n) is 15.9. The van der Waals surface area contributed by atoms with Crippen molar-refractivity contribution in [3.63, 3.8) is 0 Å². The van der Waals surface area contributed by atoms with E-state index in [0.29, 0.717) is 37.4 Å². The fourth-order valence-corrected chi connectivity index (χ4v) is 3.94. The largest absolute Gasteiger partial charge is 0.336 e. The minimum atomic E-state index is -0.443. The molecule has 1 atom stereocenters. The molecule has 28 heavy (non-hydrogen) atoms. The van der Waals surface area contributed by atoms with Gasteiger partial charge in [0, 0.05) is 31.7 Å². The molecule has 0 N–H and O–H groups in total. The summed E-state index contributed by atoms with van der Waals surface area (Å²) in [6.07, 6.45) is 0.194. The van der Waals surface area contributed by atoms with Crippen molar-refractivity contribution in [1.82, 2.24) is 9.80 Å². The van der Waals surface area contributed by atoms with Crippen molar-refractivity contribution < 1.29 is 14.4 Å². The standard InChI is InChI=1S/C22H23N3O3/c1-16-6-5-9-18(14-16)25-20(26)15-19(22(25)28)23-10-12-24(13-11-23)21(27)17-7-3-2-4-8-17/h2-9,14,19H,10-13,15H2,1H3/t19-/m1/s1. The van der Waals surface area contributed by atoms with Crippen LogP contribution in [0.25, 0.3) is 0 Å². The highest BCUT2D eigenvalue weighted by Crippen LogP contribution is 2.27. The highest BCUT2D eigenvalue weighted by Gasteiger charge is 2.43. The molecule has 6 heteroatoms. The predicted molar refractivity (Wildman–Crippen MR) is 106 cm³/mol. The molecule has 3 amide bonds. The quantitative estimate of drug-likeness (QED) is 0.769. The number of hydrogen-bond donors (Lipinski definition) is 0. The van der Waals surface area contributed by atoms with Gasteiger partial charge in [-0.1, -0.05) is 30.3 Å². The number of anilines is 1. The first-order valence-electron chi connectivity index (χ1n) is 9.56. The fourth-order valence-electron chi connectivity index (χ4n) is 3.94. The molecule has 2 heterocycles. The van der Waals surface area contributed by atoms with E-state index in [9.17, 15) is 14.4 Å². The van der Waals surface area contributed by atoms with Gasteiger partial charge in [0.1, 0.15) is 0 Å². The van der Waals surface area contributed by atoms with Gasteiger partial charge in [-0.25, -0.2) is 4.90 Å². The summed E-state index contributed by atoms with van der Waals surface area (Å²) in [7, 11) is 0. The second kappa shape index (κ2) is 7.56. The molecule has 2 aliphatic rings. The van der Waals surface area contributed by atoms with Crippen molar-refractivity contribution in [2.45, 2.75) is 19.4 Å². The van der Waals surface area contributed by atoms with Crippen molar-refractivity contribution in [2.75, 3.05) is 31.1 Å². The molecule has 6 nitrogen and oxygen atoms in total. The maximum absolute atomic E-state index is 12.9. The molecule has 0 bridgehead atoms. The maximum Gasteiger partial charge on any atom is 0.253 e. The Kier molecular flexibility index (Phi) is 4.96. The van der Waals surface area contributed by atoms with Crippen molar-refractivity contribution in [3.05, 3.63) is 65.7 Å². The highest BCUT2D eigenvalue weighted by atomic mass is 16.2. The van der Waals surface area contributed by atoms with E-state index in [4.69, 9.17) is 0 Å². The Morgan fingerprint density at radius 3 is 2.32 bits per heavy atom. The molecule has 0 aromatic heterocycles. The molecule has 0 radical (unpaired) electrons. The smallest absolute Gasteiger partial charge is 0.253 e. The van der Waals surface area contributed by atoms with Crippen molar-refractivity contribution >= 4 is 23.4 Å². The molecule has 144 valence electrons. The molecule has 2 aromatic carbocycles. The summed E-state index contributed by atoms with van der Waals surface area (Å²) < 4.78 is 0. The average Bonchev–Trinajstić information content (AvgIpc) is 3.02. The van der Waals surface area contributed by atoms with Crippen LogP contribution >= 0.6 is 0 Å². The van der Waals surface area contributed by atoms with Gasteiger partial charge in [0.05, 0.1) is 18.2 Å². The van der Waals surface area contributed by atoms with E-state index in [1.54, 1.807) is 6.07 Å². The average molecular weight is 377 g/mol. The van der Waals surface area contributed by atoms with Crippen LogP contribution in [0.15, 0.2) is 54.6 Å². The summed E-state index contributed by atoms with van der Waals surface area (Å²) in [6, 6.07) is 16.2. The first kappa shape index (κ1) is 18.4. The lowest BCUT2D eigenvalue weighted by Gasteiger charge is -2.37. The molecule has 2 fully saturated rings. The zero-order valence-corrected chi connectivity index (χ0v) is 15.9. The van der Waals surface area contributed by atoms with Crippen LogP contribution in [0.1, 0.15) is 22.3 Å². The molecule has 2 aliphatic heterocycles. The molecule has 4 rings (SSSR count). The van der Waals surface area contributed by atoms with Crippen molar-refractivity contribution in [3.8, 4) is 0 Å². The number of hydrogen-bond acceptors (Lipinski definition) is 4. The van der Waals surface area contributed by atoms with Crippen molar-refractivity contribution in [1.29, 1.82) is 0 Å². The predicted octanol–water partition coefficient (Wildman–Crippen LogP) is 2.08. The Labute approximate surface area is 164 Å². The van der Waals surface area contributed by atoms with Crippen LogP contribution in [-0.2, 0) is 9.59 Å². The Morgan fingerprint density at radius 2 is 1.64 bits per heavy atom. The number of nitrogens with zero attached hydrogens (tertiary/aromatic N) is 3. The van der Waals surface area contributed by atoms with Gasteiger partial charge in [-0.05, 0) is 36.8 Å². The number of amides is 3. The lowest BCUT2D eigenvalue weighted by molar-refractivity contribution is -0.123. The maximum atomic E-state index is 12.9. The number of carbonyl (C=O) groups is 3. The number of rotatable bonds is 3. The van der Waals surface area contributed by atoms with Crippen LogP contribution in [0.2, 0.25) is 0 Å². The summed E-state index contributed by atoms with van der Waals surface area (Å²) >= 11 is 0. The minimum Gasteiger partial charge on any atom is -0.336 e. The Balaban J connectivity index is 1.42. The Hall–Kier alpha value is -2.99. The summed E-state index contributed by atoms with van der Waals surface area (Å²) in [6.45, 7) is 4.22. The number of benzene rings is 2. The Morgan fingerprint density at radius 1 is 0.929 bits per heavy atom. The van der Waals surface area contributed by atoms with Crippen LogP contribution in [0.5, 0.6) is 0 Å². The second-order valence-corrected chi connectivity index (χ2v) is 7.32. The molecule has 0 saturated carbocycles. The van der Waals surface area contributed by atoms with E-state index in [0.717, 1.165) is 5.56 Å². The lowest BCUT2D eigenvalue weighted by Crippen LogP contribution is -2.53. The summed E-state index contributed by atoms with van der Waals surface area (Å²) in [5, 5.41) is 0. The van der Waals surface area contributed by atoms with Gasteiger partial charge >= 0.3 is 0 Å². The third-order valence-electron chi connectivity index (χ3n) is 5.45. The van der Waals surface area contributed by atoms with E-state index in [1.807, 2.05) is 65.3 Å². The van der Waals surface area contributed by atoms with Crippen LogP contribution in [0, 0.1) is 6.92 Å². The molecular formula is C22H23N3O3.